The van der Waals surface area contributed by atoms with Crippen molar-refractivity contribution in [3.05, 3.63) is 71.0 Å². The summed E-state index contributed by atoms with van der Waals surface area (Å²) in [6, 6.07) is 15.6. The Morgan fingerprint density at radius 2 is 1.95 bits per heavy atom. The van der Waals surface area contributed by atoms with Gasteiger partial charge in [-0.2, -0.15) is 5.26 Å². The number of hydrogen-bond acceptors (Lipinski definition) is 3. The highest BCUT2D eigenvalue weighted by molar-refractivity contribution is 5.34. The van der Waals surface area contributed by atoms with Gasteiger partial charge in [0, 0.05) is 12.6 Å². The lowest BCUT2D eigenvalue weighted by Gasteiger charge is -2.26. The Kier molecular flexibility index (Phi) is 4.92. The maximum atomic E-state index is 13.7. The van der Waals surface area contributed by atoms with Crippen molar-refractivity contribution in [2.45, 2.75) is 25.5 Å². The number of aliphatic hydroxyl groups is 1. The molecule has 0 aliphatic rings. The van der Waals surface area contributed by atoms with Crippen LogP contribution in [0.25, 0.3) is 0 Å². The highest BCUT2D eigenvalue weighted by Gasteiger charge is 2.23. The second kappa shape index (κ2) is 6.69. The molecular formula is C18H19FN2O. The third-order valence-electron chi connectivity index (χ3n) is 3.76. The van der Waals surface area contributed by atoms with Gasteiger partial charge in [0.1, 0.15) is 11.9 Å². The summed E-state index contributed by atoms with van der Waals surface area (Å²) in [7, 11) is 0. The molecule has 0 amide bonds. The number of halogens is 1. The first-order valence-electron chi connectivity index (χ1n) is 7.15. The van der Waals surface area contributed by atoms with E-state index in [2.05, 4.69) is 5.32 Å². The van der Waals surface area contributed by atoms with Gasteiger partial charge < -0.3 is 10.4 Å². The van der Waals surface area contributed by atoms with Crippen molar-refractivity contribution in [1.29, 1.82) is 5.26 Å². The van der Waals surface area contributed by atoms with Crippen LogP contribution in [0.15, 0.2) is 48.5 Å². The molecule has 0 bridgehead atoms. The molecule has 0 fully saturated rings. The summed E-state index contributed by atoms with van der Waals surface area (Å²) >= 11 is 0. The smallest absolute Gasteiger partial charge is 0.141 e. The zero-order valence-electron chi connectivity index (χ0n) is 12.7. The van der Waals surface area contributed by atoms with Gasteiger partial charge in [-0.1, -0.05) is 36.4 Å². The van der Waals surface area contributed by atoms with E-state index in [1.807, 2.05) is 37.3 Å². The monoisotopic (exact) mass is 298 g/mol. The molecule has 2 aromatic carbocycles. The minimum Gasteiger partial charge on any atom is -0.384 e. The lowest BCUT2D eigenvalue weighted by atomic mass is 9.95. The summed E-state index contributed by atoms with van der Waals surface area (Å²) in [6.07, 6.45) is 0. The van der Waals surface area contributed by atoms with Crippen molar-refractivity contribution in [1.82, 2.24) is 5.32 Å². The van der Waals surface area contributed by atoms with Crippen molar-refractivity contribution in [2.24, 2.45) is 0 Å². The minimum absolute atomic E-state index is 0.0345. The normalized spacial score (nSPS) is 14.9. The molecule has 22 heavy (non-hydrogen) atoms. The molecule has 0 radical (unpaired) electrons. The molecule has 3 nitrogen and oxygen atoms in total. The van der Waals surface area contributed by atoms with Gasteiger partial charge in [-0.15, -0.1) is 0 Å². The van der Waals surface area contributed by atoms with Gasteiger partial charge in [0.2, 0.25) is 0 Å². The molecule has 2 N–H and O–H groups in total. The van der Waals surface area contributed by atoms with E-state index in [9.17, 15) is 9.50 Å². The highest BCUT2D eigenvalue weighted by atomic mass is 19.1. The average molecular weight is 298 g/mol. The van der Waals surface area contributed by atoms with Crippen LogP contribution in [0.5, 0.6) is 0 Å². The molecule has 0 aliphatic carbocycles. The summed E-state index contributed by atoms with van der Waals surface area (Å²) in [5, 5.41) is 22.5. The minimum atomic E-state index is -1.01. The molecule has 2 aromatic rings. The van der Waals surface area contributed by atoms with Gasteiger partial charge in [-0.3, -0.25) is 0 Å². The van der Waals surface area contributed by atoms with E-state index < -0.39 is 11.4 Å². The zero-order chi connectivity index (χ0) is 16.2. The topological polar surface area (TPSA) is 56.0 Å². The number of rotatable bonds is 5. The third-order valence-corrected chi connectivity index (χ3v) is 3.76. The highest BCUT2D eigenvalue weighted by Crippen LogP contribution is 2.22. The SMILES string of the molecule is CC(NCC(C)(O)c1ccccc1)c1ccc(C#N)c(F)c1. The summed E-state index contributed by atoms with van der Waals surface area (Å²) in [5.41, 5.74) is 0.578. The fourth-order valence-corrected chi connectivity index (χ4v) is 2.26. The van der Waals surface area contributed by atoms with E-state index in [4.69, 9.17) is 5.26 Å². The Morgan fingerprint density at radius 1 is 1.27 bits per heavy atom. The van der Waals surface area contributed by atoms with Gasteiger partial charge in [-0.25, -0.2) is 4.39 Å². The second-order valence-electron chi connectivity index (χ2n) is 5.59. The number of nitriles is 1. The Hall–Kier alpha value is -2.22. The maximum Gasteiger partial charge on any atom is 0.141 e. The van der Waals surface area contributed by atoms with Crippen LogP contribution in [0, 0.1) is 17.1 Å². The van der Waals surface area contributed by atoms with Crippen LogP contribution in [0.2, 0.25) is 0 Å². The van der Waals surface area contributed by atoms with Crippen LogP contribution in [-0.4, -0.2) is 11.7 Å². The Bertz CT molecular complexity index is 677. The molecule has 0 aromatic heterocycles. The van der Waals surface area contributed by atoms with Crippen LogP contribution in [0.4, 0.5) is 4.39 Å². The van der Waals surface area contributed by atoms with Gasteiger partial charge in [-0.05, 0) is 37.1 Å². The van der Waals surface area contributed by atoms with Crippen LogP contribution in [0.1, 0.15) is 36.6 Å². The van der Waals surface area contributed by atoms with E-state index in [1.165, 1.54) is 12.1 Å². The van der Waals surface area contributed by atoms with Gasteiger partial charge in [0.15, 0.2) is 0 Å². The first kappa shape index (κ1) is 16.2. The Labute approximate surface area is 130 Å². The van der Waals surface area contributed by atoms with Crippen LogP contribution >= 0.6 is 0 Å². The first-order chi connectivity index (χ1) is 10.4. The summed E-state index contributed by atoms with van der Waals surface area (Å²) < 4.78 is 13.7. The molecule has 0 aliphatic heterocycles. The predicted molar refractivity (Wildman–Crippen MR) is 83.5 cm³/mol. The van der Waals surface area contributed by atoms with Gasteiger partial charge >= 0.3 is 0 Å². The number of benzene rings is 2. The molecule has 2 atom stereocenters. The number of hydrogen-bond donors (Lipinski definition) is 2. The maximum absolute atomic E-state index is 13.7. The summed E-state index contributed by atoms with van der Waals surface area (Å²) in [5.74, 6) is -0.525. The lowest BCUT2D eigenvalue weighted by molar-refractivity contribution is 0.0543. The molecule has 0 saturated carbocycles. The van der Waals surface area contributed by atoms with Crippen molar-refractivity contribution in [3.8, 4) is 6.07 Å². The molecule has 114 valence electrons. The van der Waals surface area contributed by atoms with Crippen molar-refractivity contribution < 1.29 is 9.50 Å². The lowest BCUT2D eigenvalue weighted by Crippen LogP contribution is -2.36. The van der Waals surface area contributed by atoms with Crippen LogP contribution < -0.4 is 5.32 Å². The molecule has 2 rings (SSSR count). The number of nitrogens with zero attached hydrogens (tertiary/aromatic N) is 1. The Morgan fingerprint density at radius 3 is 2.55 bits per heavy atom. The predicted octanol–water partition coefficient (Wildman–Crippen LogP) is 3.26. The molecule has 0 heterocycles. The van der Waals surface area contributed by atoms with E-state index in [0.29, 0.717) is 6.54 Å². The van der Waals surface area contributed by atoms with E-state index in [1.54, 1.807) is 19.1 Å². The summed E-state index contributed by atoms with van der Waals surface area (Å²) in [4.78, 5) is 0. The molecular weight excluding hydrogens is 279 g/mol. The van der Waals surface area contributed by atoms with Crippen LogP contribution in [0.3, 0.4) is 0 Å². The molecule has 4 heteroatoms. The van der Waals surface area contributed by atoms with Crippen molar-refractivity contribution in [2.75, 3.05) is 6.54 Å². The standard InChI is InChI=1S/C18H19FN2O/c1-13(14-8-9-15(11-20)17(19)10-14)21-12-18(2,22)16-6-4-3-5-7-16/h3-10,13,21-22H,12H2,1-2H3. The second-order valence-corrected chi connectivity index (χ2v) is 5.59. The van der Waals surface area contributed by atoms with E-state index in [0.717, 1.165) is 11.1 Å². The zero-order valence-corrected chi connectivity index (χ0v) is 12.7. The fourth-order valence-electron chi connectivity index (χ4n) is 2.26. The van der Waals surface area contributed by atoms with E-state index in [-0.39, 0.29) is 11.6 Å². The fraction of sp³-hybridized carbons (Fsp3) is 0.278. The first-order valence-corrected chi connectivity index (χ1v) is 7.15. The van der Waals surface area contributed by atoms with Gasteiger partial charge in [0.25, 0.3) is 0 Å². The Balaban J connectivity index is 2.05. The van der Waals surface area contributed by atoms with Crippen LogP contribution in [-0.2, 0) is 5.60 Å². The van der Waals surface area contributed by atoms with Crippen molar-refractivity contribution >= 4 is 0 Å². The van der Waals surface area contributed by atoms with Gasteiger partial charge in [0.05, 0.1) is 11.2 Å². The van der Waals surface area contributed by atoms with E-state index >= 15 is 0 Å². The quantitative estimate of drug-likeness (QED) is 0.891. The average Bonchev–Trinajstić information content (AvgIpc) is 2.53. The molecule has 2 unspecified atom stereocenters. The molecule has 0 saturated heterocycles. The molecule has 0 spiro atoms. The third kappa shape index (κ3) is 3.70. The number of nitrogens with one attached hydrogen (secondary N) is 1. The van der Waals surface area contributed by atoms with Crippen molar-refractivity contribution in [3.63, 3.8) is 0 Å². The largest absolute Gasteiger partial charge is 0.384 e. The summed E-state index contributed by atoms with van der Waals surface area (Å²) in [6.45, 7) is 3.96.